The van der Waals surface area contributed by atoms with Crippen molar-refractivity contribution in [1.29, 1.82) is 0 Å². The van der Waals surface area contributed by atoms with E-state index in [0.29, 0.717) is 11.3 Å². The first-order chi connectivity index (χ1) is 16.5. The van der Waals surface area contributed by atoms with Gasteiger partial charge in [0.05, 0.1) is 19.6 Å². The summed E-state index contributed by atoms with van der Waals surface area (Å²) >= 11 is 0. The van der Waals surface area contributed by atoms with Gasteiger partial charge >= 0.3 is 12.0 Å². The molecule has 1 aliphatic heterocycles. The molecule has 1 atom stereocenters. The lowest BCUT2D eigenvalue weighted by Gasteiger charge is -2.17. The van der Waals surface area contributed by atoms with Crippen LogP contribution in [0.25, 0.3) is 0 Å². The molecule has 0 bridgehead atoms. The van der Waals surface area contributed by atoms with E-state index in [-0.39, 0.29) is 12.4 Å². The molecule has 1 unspecified atom stereocenters. The third kappa shape index (κ3) is 5.89. The van der Waals surface area contributed by atoms with Crippen molar-refractivity contribution >= 4 is 17.7 Å². The average molecular weight is 465 g/mol. The molecule has 4 rings (SSSR count). The number of hydrogen-bond acceptors (Lipinski definition) is 7. The zero-order chi connectivity index (χ0) is 23.9. The van der Waals surface area contributed by atoms with Gasteiger partial charge in [0, 0.05) is 36.4 Å². The van der Waals surface area contributed by atoms with Crippen molar-refractivity contribution in [2.45, 2.75) is 44.6 Å². The summed E-state index contributed by atoms with van der Waals surface area (Å²) in [7, 11) is 1.44. The fraction of sp³-hybridized carbons (Fsp3) is 0.375. The Balaban J connectivity index is 1.33. The molecule has 4 N–H and O–H groups in total. The molecule has 0 saturated heterocycles. The summed E-state index contributed by atoms with van der Waals surface area (Å²) in [4.78, 5) is 39.8. The highest BCUT2D eigenvalue weighted by Gasteiger charge is 2.21. The maximum Gasteiger partial charge on any atom is 0.316 e. The number of carboxylic acids is 1. The number of aromatic amines is 1. The van der Waals surface area contributed by atoms with Crippen LogP contribution in [0.3, 0.4) is 0 Å². The summed E-state index contributed by atoms with van der Waals surface area (Å²) in [6.45, 7) is 0.969. The molecule has 1 amide bonds. The Labute approximate surface area is 197 Å². The zero-order valence-electron chi connectivity index (χ0n) is 19.0. The number of rotatable bonds is 10. The van der Waals surface area contributed by atoms with Crippen molar-refractivity contribution < 1.29 is 19.4 Å². The van der Waals surface area contributed by atoms with Crippen molar-refractivity contribution in [3.05, 3.63) is 64.9 Å². The molecule has 0 spiro atoms. The van der Waals surface area contributed by atoms with E-state index in [1.54, 1.807) is 12.3 Å². The van der Waals surface area contributed by atoms with Crippen LogP contribution in [-0.4, -0.2) is 50.6 Å². The Kier molecular flexibility index (Phi) is 7.36. The van der Waals surface area contributed by atoms with E-state index in [0.717, 1.165) is 55.7 Å². The van der Waals surface area contributed by atoms with Gasteiger partial charge in [0.1, 0.15) is 11.5 Å². The lowest BCUT2D eigenvalue weighted by Crippen LogP contribution is -2.30. The van der Waals surface area contributed by atoms with E-state index < -0.39 is 17.9 Å². The summed E-state index contributed by atoms with van der Waals surface area (Å²) in [6.07, 6.45) is 9.16. The topological polar surface area (TPSA) is 142 Å². The number of aliphatic carboxylic acids is 1. The number of amides is 1. The molecule has 3 aromatic rings. The Hall–Kier alpha value is -3.95. The van der Waals surface area contributed by atoms with Crippen LogP contribution in [-0.2, 0) is 24.1 Å². The molecule has 0 aromatic carbocycles. The van der Waals surface area contributed by atoms with Crippen LogP contribution in [0.5, 0.6) is 6.01 Å². The van der Waals surface area contributed by atoms with E-state index in [4.69, 9.17) is 9.72 Å². The number of nitrogens with one attached hydrogen (secondary N) is 3. The molecule has 4 heterocycles. The van der Waals surface area contributed by atoms with E-state index in [1.165, 1.54) is 25.1 Å². The van der Waals surface area contributed by atoms with Crippen LogP contribution in [0, 0.1) is 0 Å². The van der Waals surface area contributed by atoms with E-state index in [1.807, 2.05) is 0 Å². The molecule has 10 nitrogen and oxygen atoms in total. The van der Waals surface area contributed by atoms with Gasteiger partial charge in [0.15, 0.2) is 0 Å². The molecular formula is C24H28N6O4. The predicted octanol–water partition coefficient (Wildman–Crippen LogP) is 2.69. The summed E-state index contributed by atoms with van der Waals surface area (Å²) in [5.41, 5.74) is 4.19. The Morgan fingerprint density at radius 3 is 2.82 bits per heavy atom. The molecule has 1 aliphatic rings. The third-order valence-electron chi connectivity index (χ3n) is 5.75. The van der Waals surface area contributed by atoms with Crippen LogP contribution in [0.15, 0.2) is 36.8 Å². The number of nitrogens with zero attached hydrogens (tertiary/aromatic N) is 3. The van der Waals surface area contributed by atoms with Crippen molar-refractivity contribution in [3.8, 4) is 6.01 Å². The predicted molar refractivity (Wildman–Crippen MR) is 125 cm³/mol. The second-order valence-electron chi connectivity index (χ2n) is 8.24. The van der Waals surface area contributed by atoms with Gasteiger partial charge in [-0.05, 0) is 55.4 Å². The van der Waals surface area contributed by atoms with E-state index in [2.05, 4.69) is 37.7 Å². The number of aromatic nitrogens is 4. The van der Waals surface area contributed by atoms with Gasteiger partial charge in [-0.25, -0.2) is 15.0 Å². The summed E-state index contributed by atoms with van der Waals surface area (Å²) in [5, 5.41) is 15.4. The van der Waals surface area contributed by atoms with Crippen LogP contribution in [0.4, 0.5) is 5.82 Å². The molecule has 10 heteroatoms. The van der Waals surface area contributed by atoms with Crippen molar-refractivity contribution in [1.82, 2.24) is 25.3 Å². The quantitative estimate of drug-likeness (QED) is 0.359. The van der Waals surface area contributed by atoms with Crippen LogP contribution < -0.4 is 15.4 Å². The standard InChI is InChI=1S/C24H28N6O4/c1-34-24-27-13-17(14-28-24)19(11-21(31)32)30-23(33)20-10-15(12-26-20)4-2-6-18-8-7-16-5-3-9-25-22(16)29-18/h7-8,10,12-14,19,26H,2-6,9,11H2,1H3,(H,25,29)(H,30,33)(H,31,32). The smallest absolute Gasteiger partial charge is 0.316 e. The highest BCUT2D eigenvalue weighted by molar-refractivity contribution is 5.93. The first-order valence-corrected chi connectivity index (χ1v) is 11.3. The Morgan fingerprint density at radius 1 is 1.24 bits per heavy atom. The van der Waals surface area contributed by atoms with Crippen molar-refractivity contribution in [2.75, 3.05) is 19.0 Å². The number of carbonyl (C=O) groups is 2. The summed E-state index contributed by atoms with van der Waals surface area (Å²) < 4.78 is 4.93. The van der Waals surface area contributed by atoms with Crippen molar-refractivity contribution in [2.24, 2.45) is 0 Å². The number of aryl methyl sites for hydroxylation is 3. The Morgan fingerprint density at radius 2 is 2.06 bits per heavy atom. The fourth-order valence-corrected chi connectivity index (χ4v) is 3.97. The minimum Gasteiger partial charge on any atom is -0.481 e. The summed E-state index contributed by atoms with van der Waals surface area (Å²) in [5.74, 6) is -0.433. The average Bonchev–Trinajstić information content (AvgIpc) is 3.32. The van der Waals surface area contributed by atoms with Gasteiger partial charge in [-0.3, -0.25) is 9.59 Å². The molecule has 178 valence electrons. The van der Waals surface area contributed by atoms with Crippen LogP contribution in [0.1, 0.15) is 58.2 Å². The number of carbonyl (C=O) groups excluding carboxylic acids is 1. The monoisotopic (exact) mass is 464 g/mol. The first-order valence-electron chi connectivity index (χ1n) is 11.3. The minimum atomic E-state index is -1.04. The number of fused-ring (bicyclic) bond motifs is 1. The maximum absolute atomic E-state index is 12.8. The number of anilines is 1. The zero-order valence-corrected chi connectivity index (χ0v) is 19.0. The molecule has 0 radical (unpaired) electrons. The highest BCUT2D eigenvalue weighted by Crippen LogP contribution is 2.21. The summed E-state index contributed by atoms with van der Waals surface area (Å²) in [6, 6.07) is 5.43. The first kappa shape index (κ1) is 23.2. The van der Waals surface area contributed by atoms with Gasteiger partial charge in [-0.15, -0.1) is 0 Å². The van der Waals surface area contributed by atoms with E-state index >= 15 is 0 Å². The molecular weight excluding hydrogens is 436 g/mol. The number of H-pyrrole nitrogens is 1. The lowest BCUT2D eigenvalue weighted by atomic mass is 10.0. The second-order valence-corrected chi connectivity index (χ2v) is 8.24. The normalized spacial score (nSPS) is 13.4. The SMILES string of the molecule is COc1ncc(C(CC(=O)O)NC(=O)c2cc(CCCc3ccc4c(n3)NCCC4)c[nH]2)cn1. The number of carboxylic acid groups (broad SMARTS) is 1. The van der Waals surface area contributed by atoms with Gasteiger partial charge in [-0.1, -0.05) is 6.07 Å². The number of hydrogen-bond donors (Lipinski definition) is 4. The van der Waals surface area contributed by atoms with Gasteiger partial charge in [0.25, 0.3) is 5.91 Å². The van der Waals surface area contributed by atoms with Crippen molar-refractivity contribution in [3.63, 3.8) is 0 Å². The van der Waals surface area contributed by atoms with Gasteiger partial charge in [-0.2, -0.15) is 0 Å². The molecule has 34 heavy (non-hydrogen) atoms. The fourth-order valence-electron chi connectivity index (χ4n) is 3.97. The maximum atomic E-state index is 12.8. The number of ether oxygens (including phenoxy) is 1. The highest BCUT2D eigenvalue weighted by atomic mass is 16.5. The van der Waals surface area contributed by atoms with Crippen LogP contribution >= 0.6 is 0 Å². The largest absolute Gasteiger partial charge is 0.481 e. The number of methoxy groups -OCH3 is 1. The Bertz CT molecular complexity index is 1140. The van der Waals surface area contributed by atoms with Gasteiger partial charge < -0.3 is 25.5 Å². The van der Waals surface area contributed by atoms with Gasteiger partial charge in [0.2, 0.25) is 0 Å². The second kappa shape index (κ2) is 10.8. The molecule has 0 aliphatic carbocycles. The van der Waals surface area contributed by atoms with E-state index in [9.17, 15) is 14.7 Å². The van der Waals surface area contributed by atoms with Crippen LogP contribution in [0.2, 0.25) is 0 Å². The molecule has 0 saturated carbocycles. The number of pyridine rings is 1. The molecule has 0 fully saturated rings. The minimum absolute atomic E-state index is 0.167. The third-order valence-corrected chi connectivity index (χ3v) is 5.75. The molecule has 3 aromatic heterocycles. The lowest BCUT2D eigenvalue weighted by molar-refractivity contribution is -0.137.